The molecule has 2 aliphatic rings. The molecular formula is C26H31ClN2O5. The minimum Gasteiger partial charge on any atom is -0.496 e. The number of halogens is 1. The Labute approximate surface area is 205 Å². The molecule has 182 valence electrons. The molecule has 2 heterocycles. The van der Waals surface area contributed by atoms with Crippen LogP contribution in [0.3, 0.4) is 0 Å². The summed E-state index contributed by atoms with van der Waals surface area (Å²) in [6, 6.07) is 14.4. The maximum atomic E-state index is 13.4. The predicted octanol–water partition coefficient (Wildman–Crippen LogP) is 3.90. The van der Waals surface area contributed by atoms with E-state index in [0.29, 0.717) is 74.5 Å². The van der Waals surface area contributed by atoms with Crippen LogP contribution < -0.4 is 9.47 Å². The summed E-state index contributed by atoms with van der Waals surface area (Å²) in [7, 11) is 1.56. The number of para-hydroxylation sites is 1. The second kappa shape index (κ2) is 11.1. The Morgan fingerprint density at radius 2 is 1.76 bits per heavy atom. The van der Waals surface area contributed by atoms with Gasteiger partial charge in [0.1, 0.15) is 11.5 Å². The molecule has 0 spiro atoms. The maximum absolute atomic E-state index is 13.4. The molecule has 0 bridgehead atoms. The topological polar surface area (TPSA) is 68.3 Å². The number of hydrogen-bond acceptors (Lipinski definition) is 5. The highest BCUT2D eigenvalue weighted by atomic mass is 35.5. The lowest BCUT2D eigenvalue weighted by Gasteiger charge is -2.43. The Hall–Kier alpha value is -2.77. The lowest BCUT2D eigenvalue weighted by atomic mass is 9.77. The van der Waals surface area contributed by atoms with E-state index in [-0.39, 0.29) is 11.8 Å². The van der Waals surface area contributed by atoms with Gasteiger partial charge in [0.2, 0.25) is 5.91 Å². The standard InChI is InChI=1S/C26H31ClN2O5/c1-32-23-6-3-2-5-22(23)25(31)29-12-4-11-26(18-29,17-24(30)28-13-15-33-16-14-28)19-34-21-9-7-20(27)8-10-21/h2-3,5-10H,4,11-19H2,1H3/t26-/m1/s1. The number of benzene rings is 2. The van der Waals surface area contributed by atoms with Gasteiger partial charge in [-0.3, -0.25) is 9.59 Å². The molecule has 0 unspecified atom stereocenters. The minimum absolute atomic E-state index is 0.0783. The number of methoxy groups -OCH3 is 1. The molecule has 8 heteroatoms. The lowest BCUT2D eigenvalue weighted by Crippen LogP contribution is -2.52. The first-order valence-electron chi connectivity index (χ1n) is 11.7. The largest absolute Gasteiger partial charge is 0.496 e. The van der Waals surface area contributed by atoms with Crippen LogP contribution in [0.2, 0.25) is 5.02 Å². The molecule has 2 saturated heterocycles. The summed E-state index contributed by atoms with van der Waals surface area (Å²) in [5.41, 5.74) is 0.0317. The Kier molecular flexibility index (Phi) is 7.95. The molecule has 0 aliphatic carbocycles. The highest BCUT2D eigenvalue weighted by Crippen LogP contribution is 2.36. The lowest BCUT2D eigenvalue weighted by molar-refractivity contribution is -0.139. The van der Waals surface area contributed by atoms with Crippen LogP contribution in [-0.4, -0.2) is 74.7 Å². The summed E-state index contributed by atoms with van der Waals surface area (Å²) in [5, 5.41) is 0.635. The fourth-order valence-corrected chi connectivity index (χ4v) is 4.82. The molecule has 2 aliphatic heterocycles. The minimum atomic E-state index is -0.495. The quantitative estimate of drug-likeness (QED) is 0.593. The van der Waals surface area contributed by atoms with Crippen LogP contribution in [0.4, 0.5) is 0 Å². The van der Waals surface area contributed by atoms with E-state index in [4.69, 9.17) is 25.8 Å². The summed E-state index contributed by atoms with van der Waals surface area (Å²) in [4.78, 5) is 30.4. The number of morpholine rings is 1. The molecule has 34 heavy (non-hydrogen) atoms. The number of carbonyl (C=O) groups excluding carboxylic acids is 2. The third-order valence-electron chi connectivity index (χ3n) is 6.53. The second-order valence-electron chi connectivity index (χ2n) is 8.94. The van der Waals surface area contributed by atoms with E-state index in [1.165, 1.54) is 0 Å². The van der Waals surface area contributed by atoms with E-state index in [1.54, 1.807) is 31.4 Å². The first-order valence-corrected chi connectivity index (χ1v) is 12.0. The van der Waals surface area contributed by atoms with E-state index < -0.39 is 5.41 Å². The molecule has 0 aromatic heterocycles. The summed E-state index contributed by atoms with van der Waals surface area (Å²) in [6.07, 6.45) is 1.91. The van der Waals surface area contributed by atoms with Crippen molar-refractivity contribution in [2.24, 2.45) is 5.41 Å². The number of rotatable bonds is 7. The summed E-state index contributed by atoms with van der Waals surface area (Å²) in [5.74, 6) is 1.22. The smallest absolute Gasteiger partial charge is 0.257 e. The van der Waals surface area contributed by atoms with Crippen molar-refractivity contribution in [2.45, 2.75) is 19.3 Å². The van der Waals surface area contributed by atoms with Gasteiger partial charge < -0.3 is 24.0 Å². The third-order valence-corrected chi connectivity index (χ3v) is 6.79. The van der Waals surface area contributed by atoms with Gasteiger partial charge >= 0.3 is 0 Å². The second-order valence-corrected chi connectivity index (χ2v) is 9.38. The van der Waals surface area contributed by atoms with E-state index in [2.05, 4.69) is 0 Å². The zero-order chi connectivity index (χ0) is 24.0. The van der Waals surface area contributed by atoms with Crippen LogP contribution in [0.15, 0.2) is 48.5 Å². The molecule has 0 N–H and O–H groups in total. The van der Waals surface area contributed by atoms with Crippen LogP contribution in [0.25, 0.3) is 0 Å². The molecule has 4 rings (SSSR count). The Morgan fingerprint density at radius 3 is 2.50 bits per heavy atom. The highest BCUT2D eigenvalue weighted by molar-refractivity contribution is 6.30. The molecule has 2 fully saturated rings. The van der Waals surface area contributed by atoms with Crippen molar-refractivity contribution in [1.82, 2.24) is 9.80 Å². The maximum Gasteiger partial charge on any atom is 0.257 e. The number of hydrogen-bond donors (Lipinski definition) is 0. The molecule has 2 amide bonds. The first kappa shape index (κ1) is 24.4. The van der Waals surface area contributed by atoms with Crippen molar-refractivity contribution < 1.29 is 23.8 Å². The molecule has 0 saturated carbocycles. The summed E-state index contributed by atoms with van der Waals surface area (Å²) in [6.45, 7) is 3.70. The van der Waals surface area contributed by atoms with Crippen LogP contribution in [0.5, 0.6) is 11.5 Å². The summed E-state index contributed by atoms with van der Waals surface area (Å²) >= 11 is 6.01. The molecule has 1 atom stereocenters. The van der Waals surface area contributed by atoms with Crippen molar-refractivity contribution in [3.05, 3.63) is 59.1 Å². The highest BCUT2D eigenvalue weighted by Gasteiger charge is 2.41. The Balaban J connectivity index is 1.54. The van der Waals surface area contributed by atoms with Crippen molar-refractivity contribution in [1.29, 1.82) is 0 Å². The van der Waals surface area contributed by atoms with E-state index in [1.807, 2.05) is 34.1 Å². The average molecular weight is 487 g/mol. The van der Waals surface area contributed by atoms with Crippen molar-refractivity contribution in [3.63, 3.8) is 0 Å². The van der Waals surface area contributed by atoms with Crippen LogP contribution >= 0.6 is 11.6 Å². The Morgan fingerprint density at radius 1 is 1.03 bits per heavy atom. The van der Waals surface area contributed by atoms with E-state index in [0.717, 1.165) is 12.8 Å². The number of nitrogens with zero attached hydrogens (tertiary/aromatic N) is 2. The zero-order valence-corrected chi connectivity index (χ0v) is 20.3. The van der Waals surface area contributed by atoms with Gasteiger partial charge in [-0.25, -0.2) is 0 Å². The van der Waals surface area contributed by atoms with Crippen LogP contribution in [-0.2, 0) is 9.53 Å². The fourth-order valence-electron chi connectivity index (χ4n) is 4.70. The van der Waals surface area contributed by atoms with Gasteiger partial charge in [-0.05, 0) is 49.2 Å². The summed E-state index contributed by atoms with van der Waals surface area (Å²) < 4.78 is 17.0. The number of piperidine rings is 1. The van der Waals surface area contributed by atoms with Gasteiger partial charge in [-0.2, -0.15) is 0 Å². The molecule has 0 radical (unpaired) electrons. The normalized spacial score (nSPS) is 20.6. The number of likely N-dealkylation sites (tertiary alicyclic amines) is 1. The first-order chi connectivity index (χ1) is 16.5. The molecule has 2 aromatic carbocycles. The van der Waals surface area contributed by atoms with Crippen molar-refractivity contribution in [2.75, 3.05) is 53.1 Å². The van der Waals surface area contributed by atoms with Gasteiger partial charge in [-0.1, -0.05) is 23.7 Å². The number of amides is 2. The van der Waals surface area contributed by atoms with Gasteiger partial charge in [0.15, 0.2) is 0 Å². The third kappa shape index (κ3) is 5.83. The fraction of sp³-hybridized carbons (Fsp3) is 0.462. The molecule has 7 nitrogen and oxygen atoms in total. The predicted molar refractivity (Wildman–Crippen MR) is 130 cm³/mol. The van der Waals surface area contributed by atoms with Crippen molar-refractivity contribution >= 4 is 23.4 Å². The monoisotopic (exact) mass is 486 g/mol. The van der Waals surface area contributed by atoms with E-state index >= 15 is 0 Å². The molecule has 2 aromatic rings. The zero-order valence-electron chi connectivity index (χ0n) is 19.5. The average Bonchev–Trinajstić information content (AvgIpc) is 2.88. The Bertz CT molecular complexity index is 993. The van der Waals surface area contributed by atoms with Crippen molar-refractivity contribution in [3.8, 4) is 11.5 Å². The van der Waals surface area contributed by atoms with Gasteiger partial charge in [0.05, 0.1) is 32.5 Å². The van der Waals surface area contributed by atoms with E-state index in [9.17, 15) is 9.59 Å². The van der Waals surface area contributed by atoms with Crippen LogP contribution in [0, 0.1) is 5.41 Å². The van der Waals surface area contributed by atoms with Gasteiger partial charge in [0, 0.05) is 43.0 Å². The number of ether oxygens (including phenoxy) is 3. The van der Waals surface area contributed by atoms with Gasteiger partial charge in [-0.15, -0.1) is 0 Å². The number of carbonyl (C=O) groups is 2. The van der Waals surface area contributed by atoms with Gasteiger partial charge in [0.25, 0.3) is 5.91 Å². The van der Waals surface area contributed by atoms with Crippen LogP contribution in [0.1, 0.15) is 29.6 Å². The molecular weight excluding hydrogens is 456 g/mol. The SMILES string of the molecule is COc1ccccc1C(=O)N1CCC[C@@](COc2ccc(Cl)cc2)(CC(=O)N2CCOCC2)C1.